The Hall–Kier alpha value is -1.31. The number of hydrogen-bond donors (Lipinski definition) is 1. The number of carboxylic acids is 1. The van der Waals surface area contributed by atoms with Crippen molar-refractivity contribution in [2.45, 2.75) is 90.4 Å². The molecule has 0 spiro atoms. The summed E-state index contributed by atoms with van der Waals surface area (Å²) in [6, 6.07) is 8.31. The van der Waals surface area contributed by atoms with Crippen LogP contribution in [0.15, 0.2) is 24.3 Å². The highest BCUT2D eigenvalue weighted by Gasteiger charge is 2.04. The number of benzene rings is 1. The summed E-state index contributed by atoms with van der Waals surface area (Å²) in [5, 5.41) is 8.83. The molecule has 2 nitrogen and oxygen atoms in total. The van der Waals surface area contributed by atoms with Crippen LogP contribution in [-0.2, 0) is 17.6 Å². The second-order valence-corrected chi connectivity index (χ2v) is 6.59. The Morgan fingerprint density at radius 2 is 1.26 bits per heavy atom. The molecule has 0 fully saturated rings. The van der Waals surface area contributed by atoms with Gasteiger partial charge in [0.1, 0.15) is 0 Å². The van der Waals surface area contributed by atoms with Crippen LogP contribution in [0, 0.1) is 0 Å². The van der Waals surface area contributed by atoms with Crippen molar-refractivity contribution in [2.24, 2.45) is 0 Å². The Balaban J connectivity index is 2.10. The number of rotatable bonds is 14. The molecule has 0 aromatic heterocycles. The number of aryl methyl sites for hydroxylation is 2. The van der Waals surface area contributed by atoms with Crippen LogP contribution in [0.3, 0.4) is 0 Å². The SMILES string of the molecule is CCCCCCCCCCCCc1ccccc1CCC(=O)O. The van der Waals surface area contributed by atoms with Crippen LogP contribution in [0.1, 0.15) is 88.7 Å². The van der Waals surface area contributed by atoms with Crippen LogP contribution in [0.5, 0.6) is 0 Å². The molecule has 0 amide bonds. The monoisotopic (exact) mass is 318 g/mol. The maximum Gasteiger partial charge on any atom is 0.303 e. The zero-order valence-corrected chi connectivity index (χ0v) is 14.9. The molecule has 0 unspecified atom stereocenters. The summed E-state index contributed by atoms with van der Waals surface area (Å²) < 4.78 is 0. The van der Waals surface area contributed by atoms with Gasteiger partial charge >= 0.3 is 5.97 Å². The lowest BCUT2D eigenvalue weighted by Gasteiger charge is -2.08. The fourth-order valence-corrected chi connectivity index (χ4v) is 3.09. The van der Waals surface area contributed by atoms with Gasteiger partial charge in [-0.2, -0.15) is 0 Å². The molecular formula is C21H34O2. The minimum absolute atomic E-state index is 0.231. The van der Waals surface area contributed by atoms with Crippen molar-refractivity contribution in [3.05, 3.63) is 35.4 Å². The summed E-state index contributed by atoms with van der Waals surface area (Å²) in [6.07, 6.45) is 15.5. The molecule has 130 valence electrons. The van der Waals surface area contributed by atoms with E-state index in [-0.39, 0.29) is 6.42 Å². The van der Waals surface area contributed by atoms with Crippen molar-refractivity contribution in [2.75, 3.05) is 0 Å². The molecule has 0 radical (unpaired) electrons. The van der Waals surface area contributed by atoms with Gasteiger partial charge in [0.25, 0.3) is 0 Å². The lowest BCUT2D eigenvalue weighted by Crippen LogP contribution is -2.00. The maximum absolute atomic E-state index is 10.7. The van der Waals surface area contributed by atoms with Crippen molar-refractivity contribution < 1.29 is 9.90 Å². The molecule has 0 aliphatic rings. The van der Waals surface area contributed by atoms with Crippen LogP contribution in [0.4, 0.5) is 0 Å². The lowest BCUT2D eigenvalue weighted by atomic mass is 9.97. The molecule has 1 aromatic carbocycles. The molecule has 0 bridgehead atoms. The Morgan fingerprint density at radius 1 is 0.783 bits per heavy atom. The minimum Gasteiger partial charge on any atom is -0.481 e. The van der Waals surface area contributed by atoms with Crippen molar-refractivity contribution >= 4 is 5.97 Å². The molecule has 0 saturated carbocycles. The van der Waals surface area contributed by atoms with Crippen LogP contribution >= 0.6 is 0 Å². The van der Waals surface area contributed by atoms with Crippen molar-refractivity contribution in [3.8, 4) is 0 Å². The second kappa shape index (κ2) is 13.2. The molecule has 0 atom stereocenters. The second-order valence-electron chi connectivity index (χ2n) is 6.59. The van der Waals surface area contributed by atoms with E-state index in [0.717, 1.165) is 6.42 Å². The third-order valence-corrected chi connectivity index (χ3v) is 4.53. The van der Waals surface area contributed by atoms with Gasteiger partial charge in [0.15, 0.2) is 0 Å². The average molecular weight is 319 g/mol. The summed E-state index contributed by atoms with van der Waals surface area (Å²) in [5.41, 5.74) is 2.55. The summed E-state index contributed by atoms with van der Waals surface area (Å²) in [6.45, 7) is 2.26. The van der Waals surface area contributed by atoms with E-state index >= 15 is 0 Å². The third-order valence-electron chi connectivity index (χ3n) is 4.53. The van der Waals surface area contributed by atoms with Gasteiger partial charge < -0.3 is 5.11 Å². The molecule has 1 N–H and O–H groups in total. The topological polar surface area (TPSA) is 37.3 Å². The minimum atomic E-state index is -0.710. The van der Waals surface area contributed by atoms with Crippen molar-refractivity contribution in [1.82, 2.24) is 0 Å². The quantitative estimate of drug-likeness (QED) is 0.417. The van der Waals surface area contributed by atoms with E-state index in [4.69, 9.17) is 5.11 Å². The van der Waals surface area contributed by atoms with Crippen molar-refractivity contribution in [3.63, 3.8) is 0 Å². The summed E-state index contributed by atoms with van der Waals surface area (Å²) in [4.78, 5) is 10.7. The summed E-state index contributed by atoms with van der Waals surface area (Å²) in [7, 11) is 0. The first-order valence-electron chi connectivity index (χ1n) is 9.52. The number of hydrogen-bond acceptors (Lipinski definition) is 1. The van der Waals surface area contributed by atoms with Gasteiger partial charge in [0, 0.05) is 6.42 Å². The highest BCUT2D eigenvalue weighted by molar-refractivity contribution is 5.67. The van der Waals surface area contributed by atoms with E-state index in [2.05, 4.69) is 25.1 Å². The largest absolute Gasteiger partial charge is 0.481 e. The Labute approximate surface area is 142 Å². The smallest absolute Gasteiger partial charge is 0.303 e. The highest BCUT2D eigenvalue weighted by Crippen LogP contribution is 2.16. The summed E-state index contributed by atoms with van der Waals surface area (Å²) >= 11 is 0. The molecule has 2 heteroatoms. The van der Waals surface area contributed by atoms with Crippen LogP contribution in [-0.4, -0.2) is 11.1 Å². The Kier molecular flexibility index (Phi) is 11.3. The van der Waals surface area contributed by atoms with E-state index in [1.807, 2.05) is 6.07 Å². The fourth-order valence-electron chi connectivity index (χ4n) is 3.09. The van der Waals surface area contributed by atoms with Crippen LogP contribution < -0.4 is 0 Å². The molecule has 0 saturated heterocycles. The third kappa shape index (κ3) is 10.1. The van der Waals surface area contributed by atoms with E-state index < -0.39 is 5.97 Å². The average Bonchev–Trinajstić information content (AvgIpc) is 2.55. The Bertz CT molecular complexity index is 426. The van der Waals surface area contributed by atoms with Gasteiger partial charge in [0.2, 0.25) is 0 Å². The van der Waals surface area contributed by atoms with Crippen LogP contribution in [0.25, 0.3) is 0 Å². The van der Waals surface area contributed by atoms with Gasteiger partial charge in [-0.3, -0.25) is 4.79 Å². The number of carbonyl (C=O) groups is 1. The van der Waals surface area contributed by atoms with Crippen molar-refractivity contribution in [1.29, 1.82) is 0 Å². The van der Waals surface area contributed by atoms with Gasteiger partial charge in [0.05, 0.1) is 0 Å². The normalized spacial score (nSPS) is 10.8. The number of unbranched alkanes of at least 4 members (excludes halogenated alkanes) is 9. The van der Waals surface area contributed by atoms with E-state index in [0.29, 0.717) is 6.42 Å². The maximum atomic E-state index is 10.7. The lowest BCUT2D eigenvalue weighted by molar-refractivity contribution is -0.136. The molecule has 1 rings (SSSR count). The molecular weight excluding hydrogens is 284 g/mol. The molecule has 1 aromatic rings. The zero-order chi connectivity index (χ0) is 16.8. The fraction of sp³-hybridized carbons (Fsp3) is 0.667. The highest BCUT2D eigenvalue weighted by atomic mass is 16.4. The first kappa shape index (κ1) is 19.7. The van der Waals surface area contributed by atoms with Gasteiger partial charge in [-0.05, 0) is 30.4 Å². The summed E-state index contributed by atoms with van der Waals surface area (Å²) in [5.74, 6) is -0.710. The molecule has 0 aliphatic heterocycles. The predicted octanol–water partition coefficient (Wildman–Crippen LogP) is 6.17. The van der Waals surface area contributed by atoms with E-state index in [1.165, 1.54) is 75.3 Å². The molecule has 23 heavy (non-hydrogen) atoms. The first-order valence-corrected chi connectivity index (χ1v) is 9.52. The van der Waals surface area contributed by atoms with E-state index in [1.54, 1.807) is 0 Å². The number of carboxylic acid groups (broad SMARTS) is 1. The Morgan fingerprint density at radius 3 is 1.78 bits per heavy atom. The molecule has 0 aliphatic carbocycles. The van der Waals surface area contributed by atoms with E-state index in [9.17, 15) is 4.79 Å². The van der Waals surface area contributed by atoms with Gasteiger partial charge in [-0.1, -0.05) is 89.0 Å². The van der Waals surface area contributed by atoms with Gasteiger partial charge in [-0.25, -0.2) is 0 Å². The first-order chi connectivity index (χ1) is 11.2. The van der Waals surface area contributed by atoms with Gasteiger partial charge in [-0.15, -0.1) is 0 Å². The standard InChI is InChI=1S/C21H34O2/c1-2-3-4-5-6-7-8-9-10-11-14-19-15-12-13-16-20(19)17-18-21(22)23/h12-13,15-16H,2-11,14,17-18H2,1H3,(H,22,23). The predicted molar refractivity (Wildman–Crippen MR) is 97.9 cm³/mol. The van der Waals surface area contributed by atoms with Crippen LogP contribution in [0.2, 0.25) is 0 Å². The number of aliphatic carboxylic acids is 1. The zero-order valence-electron chi connectivity index (χ0n) is 14.9. The molecule has 0 heterocycles.